The highest BCUT2D eigenvalue weighted by Gasteiger charge is 1.97. The molecule has 1 aromatic rings. The van der Waals surface area contributed by atoms with Crippen molar-refractivity contribution in [2.24, 2.45) is 0 Å². The number of ether oxygens (including phenoxy) is 1. The summed E-state index contributed by atoms with van der Waals surface area (Å²) in [5.74, 6) is 0. The maximum absolute atomic E-state index is 5.47. The lowest BCUT2D eigenvalue weighted by molar-refractivity contribution is 0.0770. The molecule has 0 spiro atoms. The van der Waals surface area contributed by atoms with Gasteiger partial charge in [0.2, 0.25) is 0 Å². The molecule has 0 atom stereocenters. The van der Waals surface area contributed by atoms with Crippen molar-refractivity contribution in [1.29, 1.82) is 0 Å². The third-order valence-corrected chi connectivity index (χ3v) is 3.00. The van der Waals surface area contributed by atoms with Crippen molar-refractivity contribution >= 4 is 15.9 Å². The molecule has 0 bridgehead atoms. The molecule has 0 saturated heterocycles. The van der Waals surface area contributed by atoms with E-state index in [0.717, 1.165) is 26.1 Å². The third-order valence-electron chi connectivity index (χ3n) is 2.22. The monoisotopic (exact) mass is 285 g/mol. The van der Waals surface area contributed by atoms with Crippen LogP contribution in [-0.4, -0.2) is 19.3 Å². The maximum Gasteiger partial charge on any atom is 0.0518 e. The summed E-state index contributed by atoms with van der Waals surface area (Å²) in [6.45, 7) is 6.86. The molecule has 0 amide bonds. The minimum Gasteiger partial charge on any atom is -0.379 e. The molecule has 2 nitrogen and oxygen atoms in total. The predicted molar refractivity (Wildman–Crippen MR) is 71.6 cm³/mol. The highest BCUT2D eigenvalue weighted by molar-refractivity contribution is 9.10. The summed E-state index contributed by atoms with van der Waals surface area (Å²) in [5.41, 5.74) is 1.30. The zero-order valence-corrected chi connectivity index (χ0v) is 11.6. The fraction of sp³-hybridized carbons (Fsp3) is 0.538. The fourth-order valence-corrected chi connectivity index (χ4v) is 1.81. The van der Waals surface area contributed by atoms with Crippen molar-refractivity contribution in [3.63, 3.8) is 0 Å². The molecule has 0 aliphatic rings. The molecule has 0 aliphatic carbocycles. The second-order valence-electron chi connectivity index (χ2n) is 4.04. The molecule has 0 radical (unpaired) electrons. The summed E-state index contributed by atoms with van der Waals surface area (Å²) >= 11 is 3.53. The molecule has 90 valence electrons. The van der Waals surface area contributed by atoms with Crippen LogP contribution in [0.1, 0.15) is 25.8 Å². The Bertz CT molecular complexity index is 302. The summed E-state index contributed by atoms with van der Waals surface area (Å²) in [5, 5.41) is 3.41. The Morgan fingerprint density at radius 2 is 2.06 bits per heavy atom. The van der Waals surface area contributed by atoms with Crippen LogP contribution in [0.2, 0.25) is 0 Å². The number of rotatable bonds is 7. The molecular weight excluding hydrogens is 266 g/mol. The van der Waals surface area contributed by atoms with Gasteiger partial charge in [0.05, 0.1) is 6.10 Å². The van der Waals surface area contributed by atoms with E-state index in [4.69, 9.17) is 4.74 Å². The van der Waals surface area contributed by atoms with E-state index in [1.807, 2.05) is 6.07 Å². The van der Waals surface area contributed by atoms with Crippen molar-refractivity contribution in [3.05, 3.63) is 34.3 Å². The van der Waals surface area contributed by atoms with Gasteiger partial charge in [-0.05, 0) is 38.4 Å². The molecule has 0 aliphatic heterocycles. The van der Waals surface area contributed by atoms with Crippen LogP contribution in [0, 0.1) is 0 Å². The Labute approximate surface area is 107 Å². The second kappa shape index (κ2) is 7.82. The van der Waals surface area contributed by atoms with Gasteiger partial charge in [0.15, 0.2) is 0 Å². The van der Waals surface area contributed by atoms with Gasteiger partial charge in [-0.3, -0.25) is 0 Å². The minimum atomic E-state index is 0.336. The molecule has 0 fully saturated rings. The Morgan fingerprint density at radius 1 is 1.31 bits per heavy atom. The molecule has 0 aromatic heterocycles. The average molecular weight is 286 g/mol. The van der Waals surface area contributed by atoms with Gasteiger partial charge in [-0.2, -0.15) is 0 Å². The van der Waals surface area contributed by atoms with E-state index >= 15 is 0 Å². The number of nitrogens with one attached hydrogen (secondary N) is 1. The van der Waals surface area contributed by atoms with Crippen molar-refractivity contribution in [2.45, 2.75) is 32.9 Å². The molecule has 3 heteroatoms. The highest BCUT2D eigenvalue weighted by Crippen LogP contribution is 2.15. The van der Waals surface area contributed by atoms with Crippen LogP contribution < -0.4 is 5.32 Å². The van der Waals surface area contributed by atoms with Crippen LogP contribution in [0.25, 0.3) is 0 Å². The van der Waals surface area contributed by atoms with Crippen molar-refractivity contribution in [2.75, 3.05) is 13.2 Å². The van der Waals surface area contributed by atoms with Gasteiger partial charge in [-0.15, -0.1) is 0 Å². The van der Waals surface area contributed by atoms with Gasteiger partial charge in [0.1, 0.15) is 0 Å². The summed E-state index contributed by atoms with van der Waals surface area (Å²) in [4.78, 5) is 0. The largest absolute Gasteiger partial charge is 0.379 e. The summed E-state index contributed by atoms with van der Waals surface area (Å²) in [6.07, 6.45) is 1.39. The molecule has 0 heterocycles. The van der Waals surface area contributed by atoms with E-state index in [1.165, 1.54) is 10.0 Å². The molecule has 0 saturated carbocycles. The van der Waals surface area contributed by atoms with Crippen LogP contribution >= 0.6 is 15.9 Å². The highest BCUT2D eigenvalue weighted by atomic mass is 79.9. The molecular formula is C13H20BrNO. The quantitative estimate of drug-likeness (QED) is 0.776. The summed E-state index contributed by atoms with van der Waals surface area (Å²) in [7, 11) is 0. The van der Waals surface area contributed by atoms with E-state index in [-0.39, 0.29) is 0 Å². The first-order valence-electron chi connectivity index (χ1n) is 5.76. The number of benzene rings is 1. The number of hydrogen-bond acceptors (Lipinski definition) is 2. The fourth-order valence-electron chi connectivity index (χ4n) is 1.38. The first-order chi connectivity index (χ1) is 7.70. The molecule has 16 heavy (non-hydrogen) atoms. The van der Waals surface area contributed by atoms with Gasteiger partial charge in [-0.25, -0.2) is 0 Å². The van der Waals surface area contributed by atoms with Gasteiger partial charge in [0.25, 0.3) is 0 Å². The minimum absolute atomic E-state index is 0.336. The zero-order chi connectivity index (χ0) is 11.8. The smallest absolute Gasteiger partial charge is 0.0518 e. The molecule has 1 aromatic carbocycles. The lowest BCUT2D eigenvalue weighted by Crippen LogP contribution is -2.17. The van der Waals surface area contributed by atoms with E-state index < -0.39 is 0 Å². The number of hydrogen-bond donors (Lipinski definition) is 1. The van der Waals surface area contributed by atoms with Gasteiger partial charge < -0.3 is 10.1 Å². The van der Waals surface area contributed by atoms with Crippen LogP contribution in [0.4, 0.5) is 0 Å². The lowest BCUT2D eigenvalue weighted by atomic mass is 10.2. The molecule has 1 N–H and O–H groups in total. The summed E-state index contributed by atoms with van der Waals surface area (Å²) in [6, 6.07) is 8.29. The Hall–Kier alpha value is -0.380. The normalized spacial score (nSPS) is 11.0. The molecule has 0 unspecified atom stereocenters. The third kappa shape index (κ3) is 5.64. The number of halogens is 1. The van der Waals surface area contributed by atoms with Crippen molar-refractivity contribution < 1.29 is 4.74 Å². The van der Waals surface area contributed by atoms with E-state index in [0.29, 0.717) is 6.10 Å². The Balaban J connectivity index is 2.10. The van der Waals surface area contributed by atoms with Gasteiger partial charge in [-0.1, -0.05) is 34.1 Å². The van der Waals surface area contributed by atoms with Crippen molar-refractivity contribution in [3.8, 4) is 0 Å². The van der Waals surface area contributed by atoms with Crippen molar-refractivity contribution in [1.82, 2.24) is 5.32 Å². The molecule has 1 rings (SSSR count). The predicted octanol–water partition coefficient (Wildman–Crippen LogP) is 3.35. The van der Waals surface area contributed by atoms with E-state index in [1.54, 1.807) is 0 Å². The first kappa shape index (κ1) is 13.7. The second-order valence-corrected chi connectivity index (χ2v) is 4.90. The van der Waals surface area contributed by atoms with E-state index in [2.05, 4.69) is 53.3 Å². The Morgan fingerprint density at radius 3 is 2.75 bits per heavy atom. The van der Waals surface area contributed by atoms with Crippen LogP contribution in [-0.2, 0) is 11.3 Å². The lowest BCUT2D eigenvalue weighted by Gasteiger charge is -2.09. The summed E-state index contributed by atoms with van der Waals surface area (Å²) < 4.78 is 6.64. The van der Waals surface area contributed by atoms with Crippen LogP contribution in [0.3, 0.4) is 0 Å². The first-order valence-corrected chi connectivity index (χ1v) is 6.55. The van der Waals surface area contributed by atoms with Gasteiger partial charge in [0, 0.05) is 17.6 Å². The van der Waals surface area contributed by atoms with Crippen LogP contribution in [0.5, 0.6) is 0 Å². The zero-order valence-electron chi connectivity index (χ0n) is 10.0. The Kier molecular flexibility index (Phi) is 6.69. The topological polar surface area (TPSA) is 21.3 Å². The maximum atomic E-state index is 5.47. The SMILES string of the molecule is CC(C)OCCCNCc1ccccc1Br. The average Bonchev–Trinajstić information content (AvgIpc) is 2.25. The standard InChI is InChI=1S/C13H20BrNO/c1-11(2)16-9-5-8-15-10-12-6-3-4-7-13(12)14/h3-4,6-7,11,15H,5,8-10H2,1-2H3. The van der Waals surface area contributed by atoms with E-state index in [9.17, 15) is 0 Å². The van der Waals surface area contributed by atoms with Crippen LogP contribution in [0.15, 0.2) is 28.7 Å². The van der Waals surface area contributed by atoms with Gasteiger partial charge >= 0.3 is 0 Å².